The first-order valence-electron chi connectivity index (χ1n) is 8.42. The summed E-state index contributed by atoms with van der Waals surface area (Å²) in [4.78, 5) is 10.4. The maximum Gasteiger partial charge on any atom is 0.221 e. The molecule has 1 aliphatic heterocycles. The number of rotatable bonds is 1. The molecule has 0 spiro atoms. The van der Waals surface area contributed by atoms with Crippen molar-refractivity contribution in [2.24, 2.45) is 5.41 Å². The van der Waals surface area contributed by atoms with Crippen LogP contribution >= 0.6 is 0 Å². The third-order valence-corrected chi connectivity index (χ3v) is 4.83. The quantitative estimate of drug-likeness (QED) is 0.783. The molecule has 0 aliphatic carbocycles. The van der Waals surface area contributed by atoms with E-state index in [4.69, 9.17) is 5.73 Å². The van der Waals surface area contributed by atoms with Gasteiger partial charge in [0.05, 0.1) is 0 Å². The fourth-order valence-corrected chi connectivity index (χ4v) is 2.59. The summed E-state index contributed by atoms with van der Waals surface area (Å²) in [5, 5.41) is 10.6. The smallest absolute Gasteiger partial charge is 0.221 e. The van der Waals surface area contributed by atoms with Gasteiger partial charge in [-0.2, -0.15) is 4.98 Å². The summed E-state index contributed by atoms with van der Waals surface area (Å²) in [6.07, 6.45) is 2.62. The zero-order valence-corrected chi connectivity index (χ0v) is 15.2. The summed E-state index contributed by atoms with van der Waals surface area (Å²) in [5.74, 6) is 7.19. The van der Waals surface area contributed by atoms with E-state index in [1.807, 2.05) is 39.0 Å². The largest absolute Gasteiger partial charge is 0.377 e. The van der Waals surface area contributed by atoms with Gasteiger partial charge in [-0.3, -0.25) is 0 Å². The lowest BCUT2D eigenvalue weighted by Gasteiger charge is -2.32. The Morgan fingerprint density at radius 3 is 2.64 bits per heavy atom. The zero-order valence-electron chi connectivity index (χ0n) is 15.2. The molecule has 0 fully saturated rings. The molecule has 0 saturated carbocycles. The van der Waals surface area contributed by atoms with E-state index in [1.54, 1.807) is 13.1 Å². The summed E-state index contributed by atoms with van der Waals surface area (Å²) in [5.41, 5.74) is 7.54. The fourth-order valence-electron chi connectivity index (χ4n) is 2.59. The van der Waals surface area contributed by atoms with Gasteiger partial charge in [-0.15, -0.1) is 0 Å². The molecule has 1 aromatic heterocycles. The molecule has 3 rings (SSSR count). The average molecular weight is 336 g/mol. The summed E-state index contributed by atoms with van der Waals surface area (Å²) in [6.45, 7) is 8.54. The topological polar surface area (TPSA) is 75.3 Å². The lowest BCUT2D eigenvalue weighted by Crippen LogP contribution is -2.38. The van der Waals surface area contributed by atoms with Gasteiger partial charge in [-0.1, -0.05) is 38.7 Å². The molecule has 1 atom stereocenters. The monoisotopic (exact) mass is 336 g/mol. The van der Waals surface area contributed by atoms with E-state index in [-0.39, 0.29) is 11.4 Å². The van der Waals surface area contributed by atoms with Crippen LogP contribution < -0.4 is 10.6 Å². The third-order valence-electron chi connectivity index (χ3n) is 4.83. The number of benzene rings is 1. The Morgan fingerprint density at radius 2 is 1.96 bits per heavy atom. The maximum absolute atomic E-state index is 10.6. The van der Waals surface area contributed by atoms with E-state index in [1.165, 1.54) is 5.56 Å². The van der Waals surface area contributed by atoms with Crippen molar-refractivity contribution in [2.45, 2.75) is 39.7 Å². The number of nitrogens with two attached hydrogens (primary N) is 1. The first-order valence-corrected chi connectivity index (χ1v) is 8.42. The van der Waals surface area contributed by atoms with E-state index < -0.39 is 5.60 Å². The summed E-state index contributed by atoms with van der Waals surface area (Å²) >= 11 is 0. The number of hydrogen-bond acceptors (Lipinski definition) is 5. The standard InChI is InChI=1S/C20H24N4O/c1-19(2,3)20(4,25)10-7-14-5-6-15-9-12-24(16(15)13-14)17-8-11-22-18(21)23-17/h5-6,8,11,13,25H,9,12H2,1-4H3,(H2,21,22,23). The van der Waals surface area contributed by atoms with E-state index >= 15 is 0 Å². The molecule has 3 N–H and O–H groups in total. The predicted molar refractivity (Wildman–Crippen MR) is 101 cm³/mol. The van der Waals surface area contributed by atoms with Crippen LogP contribution in [0.5, 0.6) is 0 Å². The number of nitrogen functional groups attached to an aromatic ring is 1. The first-order chi connectivity index (χ1) is 11.7. The van der Waals surface area contributed by atoms with Crippen molar-refractivity contribution in [2.75, 3.05) is 17.2 Å². The van der Waals surface area contributed by atoms with Gasteiger partial charge in [-0.05, 0) is 37.1 Å². The Labute approximate surface area is 148 Å². The Kier molecular flexibility index (Phi) is 4.18. The van der Waals surface area contributed by atoms with Crippen LogP contribution in [0.4, 0.5) is 17.5 Å². The molecule has 0 bridgehead atoms. The molecule has 1 unspecified atom stereocenters. The van der Waals surface area contributed by atoms with Crippen molar-refractivity contribution >= 4 is 17.5 Å². The van der Waals surface area contributed by atoms with Crippen LogP contribution in [0.1, 0.15) is 38.8 Å². The predicted octanol–water partition coefficient (Wildman–Crippen LogP) is 2.90. The van der Waals surface area contributed by atoms with Gasteiger partial charge in [0.15, 0.2) is 0 Å². The van der Waals surface area contributed by atoms with Crippen molar-refractivity contribution in [3.05, 3.63) is 41.6 Å². The molecule has 2 aromatic rings. The van der Waals surface area contributed by atoms with Crippen LogP contribution in [-0.4, -0.2) is 27.2 Å². The van der Waals surface area contributed by atoms with E-state index in [9.17, 15) is 5.11 Å². The zero-order chi connectivity index (χ0) is 18.2. The number of hydrogen-bond donors (Lipinski definition) is 2. The lowest BCUT2D eigenvalue weighted by atomic mass is 9.78. The highest BCUT2D eigenvalue weighted by Crippen LogP contribution is 2.34. The van der Waals surface area contributed by atoms with Crippen LogP contribution in [0.25, 0.3) is 0 Å². The molecular formula is C20H24N4O. The van der Waals surface area contributed by atoms with Crippen molar-refractivity contribution in [3.63, 3.8) is 0 Å². The van der Waals surface area contributed by atoms with Gasteiger partial charge in [0.25, 0.3) is 0 Å². The molecule has 25 heavy (non-hydrogen) atoms. The van der Waals surface area contributed by atoms with Crippen LogP contribution in [0, 0.1) is 17.3 Å². The van der Waals surface area contributed by atoms with Gasteiger partial charge < -0.3 is 15.7 Å². The van der Waals surface area contributed by atoms with E-state index in [2.05, 4.69) is 32.8 Å². The first kappa shape index (κ1) is 17.2. The average Bonchev–Trinajstić information content (AvgIpc) is 2.95. The second kappa shape index (κ2) is 6.05. The lowest BCUT2D eigenvalue weighted by molar-refractivity contribution is 0.0129. The highest BCUT2D eigenvalue weighted by atomic mass is 16.3. The number of fused-ring (bicyclic) bond motifs is 1. The Hall–Kier alpha value is -2.58. The minimum Gasteiger partial charge on any atom is -0.377 e. The minimum atomic E-state index is -1.06. The van der Waals surface area contributed by atoms with Crippen LogP contribution in [0.3, 0.4) is 0 Å². The molecule has 0 saturated heterocycles. The fraction of sp³-hybridized carbons (Fsp3) is 0.400. The number of nitrogens with zero attached hydrogens (tertiary/aromatic N) is 3. The van der Waals surface area contributed by atoms with Gasteiger partial charge in [-0.25, -0.2) is 4.98 Å². The molecule has 130 valence electrons. The molecule has 0 amide bonds. The molecule has 5 nitrogen and oxygen atoms in total. The SMILES string of the molecule is CC(C)(C)C(C)(O)C#Cc1ccc2c(c1)N(c1ccnc(N)n1)CC2. The molecular weight excluding hydrogens is 312 g/mol. The number of aliphatic hydroxyl groups is 1. The van der Waals surface area contributed by atoms with Gasteiger partial charge in [0.1, 0.15) is 11.4 Å². The van der Waals surface area contributed by atoms with Crippen molar-refractivity contribution in [1.29, 1.82) is 0 Å². The van der Waals surface area contributed by atoms with E-state index in [0.29, 0.717) is 0 Å². The van der Waals surface area contributed by atoms with Gasteiger partial charge >= 0.3 is 0 Å². The number of aromatic nitrogens is 2. The highest BCUT2D eigenvalue weighted by molar-refractivity contribution is 5.69. The summed E-state index contributed by atoms with van der Waals surface area (Å²) < 4.78 is 0. The molecule has 2 heterocycles. The second-order valence-corrected chi connectivity index (χ2v) is 7.59. The molecule has 1 aliphatic rings. The van der Waals surface area contributed by atoms with Crippen LogP contribution in [0.2, 0.25) is 0 Å². The third kappa shape index (κ3) is 3.45. The van der Waals surface area contributed by atoms with E-state index in [0.717, 1.165) is 30.0 Å². The maximum atomic E-state index is 10.6. The summed E-state index contributed by atoms with van der Waals surface area (Å²) in [6, 6.07) is 8.00. The van der Waals surface area contributed by atoms with Crippen molar-refractivity contribution in [3.8, 4) is 11.8 Å². The molecule has 1 aromatic carbocycles. The normalized spacial score (nSPS) is 16.0. The molecule has 5 heteroatoms. The highest BCUT2D eigenvalue weighted by Gasteiger charge is 2.33. The minimum absolute atomic E-state index is 0.267. The van der Waals surface area contributed by atoms with Crippen LogP contribution in [-0.2, 0) is 6.42 Å². The Balaban J connectivity index is 1.94. The molecule has 0 radical (unpaired) electrons. The van der Waals surface area contributed by atoms with Gasteiger partial charge in [0.2, 0.25) is 5.95 Å². The Bertz CT molecular complexity index is 856. The van der Waals surface area contributed by atoms with Gasteiger partial charge in [0, 0.05) is 29.4 Å². The van der Waals surface area contributed by atoms with Crippen molar-refractivity contribution in [1.82, 2.24) is 9.97 Å². The van der Waals surface area contributed by atoms with Crippen molar-refractivity contribution < 1.29 is 5.11 Å². The summed E-state index contributed by atoms with van der Waals surface area (Å²) in [7, 11) is 0. The Morgan fingerprint density at radius 1 is 1.20 bits per heavy atom. The second-order valence-electron chi connectivity index (χ2n) is 7.59. The van der Waals surface area contributed by atoms with Crippen LogP contribution in [0.15, 0.2) is 30.5 Å². The number of anilines is 3.